The summed E-state index contributed by atoms with van der Waals surface area (Å²) in [4.78, 5) is 27.6. The van der Waals surface area contributed by atoms with E-state index in [0.717, 1.165) is 22.0 Å². The van der Waals surface area contributed by atoms with Crippen LogP contribution in [0.15, 0.2) is 48.5 Å². The third-order valence-corrected chi connectivity index (χ3v) is 5.07. The summed E-state index contributed by atoms with van der Waals surface area (Å²) in [5, 5.41) is 16.3. The van der Waals surface area contributed by atoms with Gasteiger partial charge >= 0.3 is 0 Å². The van der Waals surface area contributed by atoms with E-state index in [-0.39, 0.29) is 18.0 Å². The van der Waals surface area contributed by atoms with Gasteiger partial charge in [-0.25, -0.2) is 0 Å². The zero-order valence-corrected chi connectivity index (χ0v) is 15.1. The Labute approximate surface area is 160 Å². The minimum atomic E-state index is -0.595. The maximum Gasteiger partial charge on any atom is 0.268 e. The van der Waals surface area contributed by atoms with Gasteiger partial charge in [0.25, 0.3) is 5.91 Å². The molecule has 1 aliphatic carbocycles. The number of carbonyl (C=O) groups is 2. The van der Waals surface area contributed by atoms with Crippen LogP contribution in [0.3, 0.4) is 0 Å². The molecule has 0 aliphatic heterocycles. The van der Waals surface area contributed by atoms with Gasteiger partial charge in [-0.2, -0.15) is 0 Å². The second-order valence-electron chi connectivity index (χ2n) is 6.60. The van der Waals surface area contributed by atoms with Crippen molar-refractivity contribution in [2.75, 3.05) is 6.61 Å². The lowest BCUT2D eigenvalue weighted by Crippen LogP contribution is -2.45. The first-order valence-electron chi connectivity index (χ1n) is 8.62. The Morgan fingerprint density at radius 3 is 2.78 bits per heavy atom. The zero-order chi connectivity index (χ0) is 19.0. The smallest absolute Gasteiger partial charge is 0.268 e. The summed E-state index contributed by atoms with van der Waals surface area (Å²) in [5.74, 6) is -0.736. The van der Waals surface area contributed by atoms with Crippen molar-refractivity contribution < 1.29 is 14.7 Å². The number of aromatic nitrogens is 1. The average molecular weight is 384 g/mol. The van der Waals surface area contributed by atoms with Gasteiger partial charge in [0, 0.05) is 15.9 Å². The number of aromatic amines is 1. The van der Waals surface area contributed by atoms with Crippen LogP contribution >= 0.6 is 11.6 Å². The van der Waals surface area contributed by atoms with E-state index in [1.54, 1.807) is 18.2 Å². The minimum absolute atomic E-state index is 0.261. The maximum atomic E-state index is 12.8. The molecule has 2 aromatic carbocycles. The van der Waals surface area contributed by atoms with Crippen LogP contribution in [0.2, 0.25) is 5.02 Å². The summed E-state index contributed by atoms with van der Waals surface area (Å²) in [7, 11) is 0. The first kappa shape index (κ1) is 17.6. The average Bonchev–Trinajstić information content (AvgIpc) is 3.23. The molecule has 6 nitrogen and oxygen atoms in total. The van der Waals surface area contributed by atoms with Crippen molar-refractivity contribution in [1.29, 1.82) is 0 Å². The van der Waals surface area contributed by atoms with Crippen molar-refractivity contribution in [2.45, 2.75) is 18.5 Å². The summed E-state index contributed by atoms with van der Waals surface area (Å²) >= 11 is 6.00. The number of fused-ring (bicyclic) bond motifs is 2. The third kappa shape index (κ3) is 3.41. The fraction of sp³-hybridized carbons (Fsp3) is 0.200. The summed E-state index contributed by atoms with van der Waals surface area (Å²) < 4.78 is 0. The number of rotatable bonds is 4. The van der Waals surface area contributed by atoms with Crippen LogP contribution in [0.5, 0.6) is 0 Å². The summed E-state index contributed by atoms with van der Waals surface area (Å²) in [6.07, 6.45) is 0.602. The summed E-state index contributed by atoms with van der Waals surface area (Å²) in [6, 6.07) is 14.2. The number of halogens is 1. The Balaban J connectivity index is 1.58. The molecule has 0 spiro atoms. The quantitative estimate of drug-likeness (QED) is 0.557. The topological polar surface area (TPSA) is 94.2 Å². The van der Waals surface area contributed by atoms with Gasteiger partial charge in [0.2, 0.25) is 5.91 Å². The van der Waals surface area contributed by atoms with E-state index in [1.807, 2.05) is 30.3 Å². The second-order valence-corrected chi connectivity index (χ2v) is 7.04. The largest absolute Gasteiger partial charge is 0.387 e. The number of amides is 2. The summed E-state index contributed by atoms with van der Waals surface area (Å²) in [6.45, 7) is -0.595. The van der Waals surface area contributed by atoms with E-state index in [1.165, 1.54) is 0 Å². The van der Waals surface area contributed by atoms with Crippen molar-refractivity contribution >= 4 is 34.3 Å². The molecule has 2 atom stereocenters. The Morgan fingerprint density at radius 2 is 1.96 bits per heavy atom. The Hall–Kier alpha value is -2.83. The van der Waals surface area contributed by atoms with Crippen LogP contribution in [-0.2, 0) is 11.2 Å². The number of H-pyrrole nitrogens is 1. The zero-order valence-electron chi connectivity index (χ0n) is 14.3. The Morgan fingerprint density at radius 1 is 1.15 bits per heavy atom. The molecule has 4 rings (SSSR count). The molecular weight excluding hydrogens is 366 g/mol. The van der Waals surface area contributed by atoms with Crippen molar-refractivity contribution in [1.82, 2.24) is 15.6 Å². The number of nitrogens with one attached hydrogen (secondary N) is 3. The van der Waals surface area contributed by atoms with Gasteiger partial charge in [-0.15, -0.1) is 0 Å². The number of hydrogen-bond donors (Lipinski definition) is 4. The molecule has 0 fully saturated rings. The molecule has 1 heterocycles. The molecule has 138 valence electrons. The molecule has 0 radical (unpaired) electrons. The van der Waals surface area contributed by atoms with Crippen molar-refractivity contribution in [3.05, 3.63) is 70.4 Å². The van der Waals surface area contributed by atoms with Gasteiger partial charge in [0.15, 0.2) is 0 Å². The van der Waals surface area contributed by atoms with Crippen LogP contribution in [0.1, 0.15) is 27.7 Å². The Bertz CT molecular complexity index is 1030. The molecule has 0 unspecified atom stereocenters. The third-order valence-electron chi connectivity index (χ3n) is 4.84. The van der Waals surface area contributed by atoms with E-state index in [0.29, 0.717) is 17.1 Å². The molecule has 0 saturated heterocycles. The molecule has 1 aliphatic rings. The standard InChI is InChI=1S/C20H18ClN3O3/c21-13-5-6-15-12(7-13)9-17(22-15)20(27)23-16-8-11-3-1-2-4-14(11)19(16)24-18(26)10-25/h1-7,9,16,19,22,25H,8,10H2,(H,23,27)(H,24,26)/t16-,19+/m1/s1. The van der Waals surface area contributed by atoms with Crippen LogP contribution in [-0.4, -0.2) is 34.6 Å². The van der Waals surface area contributed by atoms with E-state index in [2.05, 4.69) is 15.6 Å². The number of aliphatic hydroxyl groups is 1. The highest BCUT2D eigenvalue weighted by molar-refractivity contribution is 6.31. The van der Waals surface area contributed by atoms with Gasteiger partial charge in [0.1, 0.15) is 12.3 Å². The van der Waals surface area contributed by atoms with Crippen LogP contribution in [0, 0.1) is 0 Å². The predicted molar refractivity (Wildman–Crippen MR) is 103 cm³/mol. The molecular formula is C20H18ClN3O3. The summed E-state index contributed by atoms with van der Waals surface area (Å²) in [5.41, 5.74) is 3.27. The number of carbonyl (C=O) groups excluding carboxylic acids is 2. The van der Waals surface area contributed by atoms with Gasteiger partial charge in [0.05, 0.1) is 12.1 Å². The van der Waals surface area contributed by atoms with E-state index >= 15 is 0 Å². The predicted octanol–water partition coefficient (Wildman–Crippen LogP) is 2.33. The lowest BCUT2D eigenvalue weighted by Gasteiger charge is -2.22. The van der Waals surface area contributed by atoms with Gasteiger partial charge in [-0.3, -0.25) is 9.59 Å². The van der Waals surface area contributed by atoms with E-state index < -0.39 is 12.5 Å². The maximum absolute atomic E-state index is 12.8. The lowest BCUT2D eigenvalue weighted by molar-refractivity contribution is -0.124. The fourth-order valence-corrected chi connectivity index (χ4v) is 3.78. The first-order chi connectivity index (χ1) is 13.0. The molecule has 1 aromatic heterocycles. The highest BCUT2D eigenvalue weighted by atomic mass is 35.5. The van der Waals surface area contributed by atoms with Crippen molar-refractivity contribution in [2.24, 2.45) is 0 Å². The van der Waals surface area contributed by atoms with Crippen LogP contribution in [0.25, 0.3) is 10.9 Å². The number of aliphatic hydroxyl groups excluding tert-OH is 1. The number of benzene rings is 2. The molecule has 0 saturated carbocycles. The molecule has 4 N–H and O–H groups in total. The lowest BCUT2D eigenvalue weighted by atomic mass is 10.1. The highest BCUT2D eigenvalue weighted by Crippen LogP contribution is 2.31. The second kappa shape index (κ2) is 7.06. The van der Waals surface area contributed by atoms with Gasteiger partial charge in [-0.1, -0.05) is 35.9 Å². The molecule has 7 heteroatoms. The minimum Gasteiger partial charge on any atom is -0.387 e. The van der Waals surface area contributed by atoms with Gasteiger partial charge in [-0.05, 0) is 41.8 Å². The van der Waals surface area contributed by atoms with Crippen LogP contribution < -0.4 is 10.6 Å². The first-order valence-corrected chi connectivity index (χ1v) is 9.00. The molecule has 2 amide bonds. The van der Waals surface area contributed by atoms with Crippen molar-refractivity contribution in [3.8, 4) is 0 Å². The molecule has 27 heavy (non-hydrogen) atoms. The van der Waals surface area contributed by atoms with Gasteiger partial charge < -0.3 is 20.7 Å². The SMILES string of the molecule is O=C(CO)N[C@H]1c2ccccc2C[C@H]1NC(=O)c1cc2cc(Cl)ccc2[nH]1. The molecule has 3 aromatic rings. The van der Waals surface area contributed by atoms with E-state index in [9.17, 15) is 9.59 Å². The fourth-order valence-electron chi connectivity index (χ4n) is 3.60. The normalized spacial score (nSPS) is 18.3. The van der Waals surface area contributed by atoms with E-state index in [4.69, 9.17) is 16.7 Å². The molecule has 0 bridgehead atoms. The number of hydrogen-bond acceptors (Lipinski definition) is 3. The van der Waals surface area contributed by atoms with Crippen molar-refractivity contribution in [3.63, 3.8) is 0 Å². The van der Waals surface area contributed by atoms with Crippen LogP contribution in [0.4, 0.5) is 0 Å². The monoisotopic (exact) mass is 383 g/mol. The highest BCUT2D eigenvalue weighted by Gasteiger charge is 2.34. The Kier molecular flexibility index (Phi) is 4.59.